The van der Waals surface area contributed by atoms with Crippen LogP contribution < -0.4 is 15.9 Å². The fourth-order valence-electron chi connectivity index (χ4n) is 2.83. The quantitative estimate of drug-likeness (QED) is 0.569. The van der Waals surface area contributed by atoms with E-state index in [9.17, 15) is 14.7 Å². The summed E-state index contributed by atoms with van der Waals surface area (Å²) in [6.45, 7) is -0.228. The number of benzene rings is 1. The van der Waals surface area contributed by atoms with E-state index in [1.54, 1.807) is 24.3 Å². The lowest BCUT2D eigenvalue weighted by molar-refractivity contribution is -0.140. The zero-order valence-electron chi connectivity index (χ0n) is 14.6. The van der Waals surface area contributed by atoms with Crippen LogP contribution in [-0.2, 0) is 20.9 Å². The number of ether oxygens (including phenoxy) is 3. The molecule has 0 saturated carbocycles. The van der Waals surface area contributed by atoms with Crippen molar-refractivity contribution in [2.24, 2.45) is 5.73 Å². The predicted octanol–water partition coefficient (Wildman–Crippen LogP) is 1.02. The van der Waals surface area contributed by atoms with Crippen LogP contribution in [0.15, 0.2) is 57.1 Å². The van der Waals surface area contributed by atoms with Gasteiger partial charge in [0.2, 0.25) is 17.1 Å². The average Bonchev–Trinajstić information content (AvgIpc) is 2.68. The van der Waals surface area contributed by atoms with Gasteiger partial charge in [-0.05, 0) is 5.56 Å². The van der Waals surface area contributed by atoms with Crippen LogP contribution in [-0.4, -0.2) is 31.4 Å². The van der Waals surface area contributed by atoms with Crippen LogP contribution >= 0.6 is 0 Å². The summed E-state index contributed by atoms with van der Waals surface area (Å²) in [6.07, 6.45) is 0. The van der Waals surface area contributed by atoms with E-state index < -0.39 is 23.9 Å². The number of carbonyl (C=O) groups is 1. The molecular formula is C19H19NO7. The van der Waals surface area contributed by atoms with Crippen molar-refractivity contribution in [3.63, 3.8) is 0 Å². The first-order chi connectivity index (χ1) is 13.1. The highest BCUT2D eigenvalue weighted by molar-refractivity contribution is 5.92. The Hall–Kier alpha value is -3.10. The minimum Gasteiger partial charge on any atom is -0.460 e. The van der Waals surface area contributed by atoms with Gasteiger partial charge in [0.15, 0.2) is 5.76 Å². The summed E-state index contributed by atoms with van der Waals surface area (Å²) < 4.78 is 21.1. The Morgan fingerprint density at radius 2 is 2.00 bits per heavy atom. The highest BCUT2D eigenvalue weighted by Gasteiger charge is 2.39. The van der Waals surface area contributed by atoms with Gasteiger partial charge in [0.25, 0.3) is 0 Å². The van der Waals surface area contributed by atoms with Crippen LogP contribution in [0, 0.1) is 0 Å². The van der Waals surface area contributed by atoms with E-state index in [1.165, 1.54) is 7.11 Å². The molecule has 0 spiro atoms. The van der Waals surface area contributed by atoms with Crippen molar-refractivity contribution >= 4 is 5.97 Å². The Labute approximate surface area is 154 Å². The van der Waals surface area contributed by atoms with Gasteiger partial charge in [0, 0.05) is 13.2 Å². The average molecular weight is 373 g/mol. The van der Waals surface area contributed by atoms with Gasteiger partial charge in [-0.25, -0.2) is 4.79 Å². The summed E-state index contributed by atoms with van der Waals surface area (Å²) in [4.78, 5) is 25.0. The van der Waals surface area contributed by atoms with Crippen molar-refractivity contribution in [2.75, 3.05) is 20.3 Å². The lowest BCUT2D eigenvalue weighted by atomic mass is 9.87. The van der Waals surface area contributed by atoms with E-state index in [2.05, 4.69) is 0 Å². The number of esters is 1. The molecule has 1 unspecified atom stereocenters. The Balaban J connectivity index is 2.14. The van der Waals surface area contributed by atoms with Gasteiger partial charge in [0.1, 0.15) is 24.5 Å². The summed E-state index contributed by atoms with van der Waals surface area (Å²) >= 11 is 0. The molecule has 0 radical (unpaired) electrons. The van der Waals surface area contributed by atoms with Crippen molar-refractivity contribution in [3.8, 4) is 5.75 Å². The first-order valence-corrected chi connectivity index (χ1v) is 8.23. The molecule has 0 amide bonds. The van der Waals surface area contributed by atoms with E-state index in [-0.39, 0.29) is 41.9 Å². The molecule has 1 aromatic carbocycles. The second-order valence-corrected chi connectivity index (χ2v) is 5.78. The molecule has 0 fully saturated rings. The van der Waals surface area contributed by atoms with Gasteiger partial charge in [-0.2, -0.15) is 0 Å². The summed E-state index contributed by atoms with van der Waals surface area (Å²) in [5.74, 6) is -1.73. The lowest BCUT2D eigenvalue weighted by Crippen LogP contribution is -2.30. The molecule has 1 atom stereocenters. The SMILES string of the molecule is COCCOC(=O)C1=C(N)Oc2c(oc(CO)cc2=O)C1c1ccccc1. The fourth-order valence-corrected chi connectivity index (χ4v) is 2.83. The van der Waals surface area contributed by atoms with Crippen LogP contribution in [0.25, 0.3) is 0 Å². The maximum atomic E-state index is 12.7. The van der Waals surface area contributed by atoms with Gasteiger partial charge in [-0.3, -0.25) is 4.79 Å². The summed E-state index contributed by atoms with van der Waals surface area (Å²) in [5.41, 5.74) is 6.13. The highest BCUT2D eigenvalue weighted by Crippen LogP contribution is 2.41. The zero-order chi connectivity index (χ0) is 19.4. The molecule has 1 aliphatic rings. The zero-order valence-corrected chi connectivity index (χ0v) is 14.6. The van der Waals surface area contributed by atoms with Crippen molar-refractivity contribution in [1.29, 1.82) is 0 Å². The largest absolute Gasteiger partial charge is 0.460 e. The van der Waals surface area contributed by atoms with Crippen molar-refractivity contribution in [3.05, 3.63) is 75.2 Å². The third-order valence-corrected chi connectivity index (χ3v) is 4.04. The van der Waals surface area contributed by atoms with E-state index in [0.717, 1.165) is 6.07 Å². The second kappa shape index (κ2) is 8.07. The molecule has 2 aromatic rings. The van der Waals surface area contributed by atoms with E-state index in [1.807, 2.05) is 6.07 Å². The molecule has 3 rings (SSSR count). The first-order valence-electron chi connectivity index (χ1n) is 8.23. The Kier molecular flexibility index (Phi) is 5.58. The molecule has 8 nitrogen and oxygen atoms in total. The first kappa shape index (κ1) is 18.7. The van der Waals surface area contributed by atoms with Crippen molar-refractivity contribution in [1.82, 2.24) is 0 Å². The van der Waals surface area contributed by atoms with Gasteiger partial charge in [-0.1, -0.05) is 30.3 Å². The van der Waals surface area contributed by atoms with Gasteiger partial charge in [-0.15, -0.1) is 0 Å². The number of nitrogens with two attached hydrogens (primary N) is 1. The van der Waals surface area contributed by atoms with Crippen LogP contribution in [0.2, 0.25) is 0 Å². The predicted molar refractivity (Wildman–Crippen MR) is 93.9 cm³/mol. The number of hydrogen-bond donors (Lipinski definition) is 2. The minimum atomic E-state index is -0.816. The molecule has 1 aliphatic heterocycles. The number of hydrogen-bond acceptors (Lipinski definition) is 8. The Bertz CT molecular complexity index is 917. The van der Waals surface area contributed by atoms with E-state index in [0.29, 0.717) is 5.56 Å². The van der Waals surface area contributed by atoms with Crippen molar-refractivity contribution in [2.45, 2.75) is 12.5 Å². The monoisotopic (exact) mass is 373 g/mol. The number of fused-ring (bicyclic) bond motifs is 1. The number of rotatable bonds is 6. The van der Waals surface area contributed by atoms with Crippen LogP contribution in [0.3, 0.4) is 0 Å². The number of aliphatic hydroxyl groups is 1. The summed E-state index contributed by atoms with van der Waals surface area (Å²) in [6, 6.07) is 10.0. The lowest BCUT2D eigenvalue weighted by Gasteiger charge is -2.26. The van der Waals surface area contributed by atoms with Crippen molar-refractivity contribution < 1.29 is 28.5 Å². The molecule has 8 heteroatoms. The van der Waals surface area contributed by atoms with Crippen LogP contribution in [0.5, 0.6) is 5.75 Å². The standard InChI is InChI=1S/C19H19NO7/c1-24-7-8-25-19(23)15-14(11-5-3-2-4-6-11)17-16(27-18(15)20)13(22)9-12(10-21)26-17/h2-6,9,14,21H,7-8,10,20H2,1H3. The normalized spacial score (nSPS) is 15.9. The summed E-state index contributed by atoms with van der Waals surface area (Å²) in [7, 11) is 1.49. The molecule has 142 valence electrons. The molecule has 0 bridgehead atoms. The molecule has 3 N–H and O–H groups in total. The van der Waals surface area contributed by atoms with E-state index in [4.69, 9.17) is 24.4 Å². The molecule has 1 aromatic heterocycles. The third kappa shape index (κ3) is 3.71. The molecular weight excluding hydrogens is 354 g/mol. The molecule has 0 saturated heterocycles. The Morgan fingerprint density at radius 3 is 2.67 bits per heavy atom. The maximum absolute atomic E-state index is 12.7. The van der Waals surface area contributed by atoms with Gasteiger partial charge < -0.3 is 29.5 Å². The highest BCUT2D eigenvalue weighted by atomic mass is 16.6. The number of methoxy groups -OCH3 is 1. The molecule has 27 heavy (non-hydrogen) atoms. The van der Waals surface area contributed by atoms with E-state index >= 15 is 0 Å². The number of aliphatic hydroxyl groups excluding tert-OH is 1. The second-order valence-electron chi connectivity index (χ2n) is 5.78. The van der Waals surface area contributed by atoms with Crippen LogP contribution in [0.4, 0.5) is 0 Å². The summed E-state index contributed by atoms with van der Waals surface area (Å²) in [5, 5.41) is 9.38. The fraction of sp³-hybridized carbons (Fsp3) is 0.263. The molecule has 2 heterocycles. The maximum Gasteiger partial charge on any atom is 0.340 e. The molecule has 0 aliphatic carbocycles. The topological polar surface area (TPSA) is 121 Å². The minimum absolute atomic E-state index is 0.0167. The number of carbonyl (C=O) groups excluding carboxylic acids is 1. The smallest absolute Gasteiger partial charge is 0.340 e. The van der Waals surface area contributed by atoms with Gasteiger partial charge in [0.05, 0.1) is 12.5 Å². The van der Waals surface area contributed by atoms with Crippen LogP contribution in [0.1, 0.15) is 23.0 Å². The Morgan fingerprint density at radius 1 is 1.26 bits per heavy atom. The third-order valence-electron chi connectivity index (χ3n) is 4.04. The van der Waals surface area contributed by atoms with Gasteiger partial charge >= 0.3 is 5.97 Å².